The Morgan fingerprint density at radius 3 is 1.00 bits per heavy atom. The van der Waals surface area contributed by atoms with Crippen molar-refractivity contribution in [3.8, 4) is 0 Å². The second kappa shape index (κ2) is 61.1. The van der Waals surface area contributed by atoms with Gasteiger partial charge in [-0.05, 0) is 51.4 Å². The van der Waals surface area contributed by atoms with Gasteiger partial charge in [0.2, 0.25) is 5.91 Å². The van der Waals surface area contributed by atoms with Crippen LogP contribution in [0.2, 0.25) is 0 Å². The smallest absolute Gasteiger partial charge is 0.305 e. The summed E-state index contributed by atoms with van der Waals surface area (Å²) in [4.78, 5) is 24.6. The molecule has 6 heteroatoms. The number of nitrogens with one attached hydrogen (secondary N) is 1. The number of rotatable bonds is 61. The number of esters is 1. The molecule has 0 aromatic rings. The molecule has 0 radical (unpaired) electrons. The van der Waals surface area contributed by atoms with E-state index in [9.17, 15) is 19.8 Å². The third-order valence-electron chi connectivity index (χ3n) is 15.3. The molecular weight excluding hydrogens is 875 g/mol. The van der Waals surface area contributed by atoms with Gasteiger partial charge >= 0.3 is 5.97 Å². The van der Waals surface area contributed by atoms with Gasteiger partial charge in [0.1, 0.15) is 0 Å². The number of allylic oxidation sites excluding steroid dienone is 2. The summed E-state index contributed by atoms with van der Waals surface area (Å²) in [5, 5.41) is 23.4. The fourth-order valence-corrected chi connectivity index (χ4v) is 10.3. The van der Waals surface area contributed by atoms with E-state index in [1.165, 1.54) is 283 Å². The van der Waals surface area contributed by atoms with Crippen LogP contribution in [-0.2, 0) is 14.3 Å². The first-order chi connectivity index (χ1) is 35.0. The van der Waals surface area contributed by atoms with E-state index in [1.807, 2.05) is 0 Å². The van der Waals surface area contributed by atoms with Crippen molar-refractivity contribution in [3.05, 3.63) is 12.2 Å². The van der Waals surface area contributed by atoms with Crippen molar-refractivity contribution in [2.24, 2.45) is 0 Å². The van der Waals surface area contributed by atoms with E-state index in [-0.39, 0.29) is 18.5 Å². The van der Waals surface area contributed by atoms with Crippen molar-refractivity contribution >= 4 is 11.9 Å². The van der Waals surface area contributed by atoms with Crippen LogP contribution in [-0.4, -0.2) is 47.4 Å². The van der Waals surface area contributed by atoms with Crippen LogP contribution < -0.4 is 5.32 Å². The molecule has 0 fully saturated rings. The van der Waals surface area contributed by atoms with Gasteiger partial charge in [-0.2, -0.15) is 0 Å². The summed E-state index contributed by atoms with van der Waals surface area (Å²) in [6.07, 6.45) is 73.7. The fourth-order valence-electron chi connectivity index (χ4n) is 10.3. The maximum Gasteiger partial charge on any atom is 0.305 e. The lowest BCUT2D eigenvalue weighted by Crippen LogP contribution is -2.45. The zero-order chi connectivity index (χ0) is 51.4. The normalized spacial score (nSPS) is 12.6. The number of aliphatic hydroxyl groups excluding tert-OH is 2. The van der Waals surface area contributed by atoms with Crippen molar-refractivity contribution < 1.29 is 24.5 Å². The molecule has 71 heavy (non-hydrogen) atoms. The molecular formula is C65H127NO5. The molecule has 6 nitrogen and oxygen atoms in total. The number of carbonyl (C=O) groups is 2. The summed E-state index contributed by atoms with van der Waals surface area (Å²) >= 11 is 0. The SMILES string of the molecule is CCCCCCCC/C=C\CCCCCCCC(=O)OCCCCCCCCCCCCCCCCC(=O)NC(CO)C(O)CCCCCCCCCCCCCCCCCCCCCCCCCCC. The predicted octanol–water partition coefficient (Wildman–Crippen LogP) is 20.4. The highest BCUT2D eigenvalue weighted by molar-refractivity contribution is 5.76. The van der Waals surface area contributed by atoms with E-state index >= 15 is 0 Å². The molecule has 2 atom stereocenters. The Morgan fingerprint density at radius 2 is 0.662 bits per heavy atom. The number of amides is 1. The van der Waals surface area contributed by atoms with E-state index in [2.05, 4.69) is 31.3 Å². The minimum atomic E-state index is -0.673. The molecule has 2 unspecified atom stereocenters. The molecule has 422 valence electrons. The van der Waals surface area contributed by atoms with Gasteiger partial charge in [0, 0.05) is 12.8 Å². The number of carbonyl (C=O) groups excluding carboxylic acids is 2. The topological polar surface area (TPSA) is 95.9 Å². The van der Waals surface area contributed by atoms with Crippen LogP contribution in [0.4, 0.5) is 0 Å². The van der Waals surface area contributed by atoms with Gasteiger partial charge in [0.25, 0.3) is 0 Å². The molecule has 0 saturated heterocycles. The Morgan fingerprint density at radius 1 is 0.380 bits per heavy atom. The summed E-state index contributed by atoms with van der Waals surface area (Å²) in [7, 11) is 0. The van der Waals surface area contributed by atoms with Gasteiger partial charge in [0.15, 0.2) is 0 Å². The van der Waals surface area contributed by atoms with Gasteiger partial charge in [-0.15, -0.1) is 0 Å². The van der Waals surface area contributed by atoms with Crippen molar-refractivity contribution in [3.63, 3.8) is 0 Å². The Bertz CT molecular complexity index is 1060. The molecule has 0 aliphatic carbocycles. The minimum absolute atomic E-state index is 0.00860. The van der Waals surface area contributed by atoms with Crippen LogP contribution >= 0.6 is 0 Å². The Hall–Kier alpha value is -1.40. The lowest BCUT2D eigenvalue weighted by Gasteiger charge is -2.22. The maximum atomic E-state index is 12.5. The van der Waals surface area contributed by atoms with Crippen LogP contribution in [0, 0.1) is 0 Å². The Balaban J connectivity index is 3.42. The monoisotopic (exact) mass is 1000 g/mol. The van der Waals surface area contributed by atoms with E-state index < -0.39 is 12.1 Å². The zero-order valence-electron chi connectivity index (χ0n) is 48.2. The van der Waals surface area contributed by atoms with Gasteiger partial charge < -0.3 is 20.3 Å². The molecule has 0 aliphatic heterocycles. The number of aliphatic hydroxyl groups is 2. The minimum Gasteiger partial charge on any atom is -0.466 e. The van der Waals surface area contributed by atoms with E-state index in [4.69, 9.17) is 4.74 Å². The third-order valence-corrected chi connectivity index (χ3v) is 15.3. The van der Waals surface area contributed by atoms with E-state index in [1.54, 1.807) is 0 Å². The highest BCUT2D eigenvalue weighted by Crippen LogP contribution is 2.18. The van der Waals surface area contributed by atoms with Crippen molar-refractivity contribution in [1.29, 1.82) is 0 Å². The quantitative estimate of drug-likeness (QED) is 0.0320. The first-order valence-corrected chi connectivity index (χ1v) is 32.4. The third kappa shape index (κ3) is 57.7. The molecule has 0 aromatic carbocycles. The van der Waals surface area contributed by atoms with Gasteiger partial charge in [-0.1, -0.05) is 315 Å². The Labute approximate surface area is 444 Å². The van der Waals surface area contributed by atoms with Crippen LogP contribution in [0.3, 0.4) is 0 Å². The van der Waals surface area contributed by atoms with Gasteiger partial charge in [0.05, 0.1) is 25.4 Å². The number of unbranched alkanes of at least 4 members (excludes halogenated alkanes) is 48. The summed E-state index contributed by atoms with van der Waals surface area (Å²) in [6, 6.07) is -0.551. The number of hydrogen-bond donors (Lipinski definition) is 3. The zero-order valence-corrected chi connectivity index (χ0v) is 48.2. The fraction of sp³-hybridized carbons (Fsp3) is 0.938. The van der Waals surface area contributed by atoms with E-state index in [0.717, 1.165) is 51.4 Å². The van der Waals surface area contributed by atoms with Crippen LogP contribution in [0.15, 0.2) is 12.2 Å². The Kier molecular flexibility index (Phi) is 59.9. The summed E-state index contributed by atoms with van der Waals surface area (Å²) in [5.41, 5.74) is 0. The second-order valence-corrected chi connectivity index (χ2v) is 22.5. The lowest BCUT2D eigenvalue weighted by atomic mass is 10.0. The van der Waals surface area contributed by atoms with Gasteiger partial charge in [-0.3, -0.25) is 9.59 Å². The molecule has 0 heterocycles. The predicted molar refractivity (Wildman–Crippen MR) is 310 cm³/mol. The number of ether oxygens (including phenoxy) is 1. The highest BCUT2D eigenvalue weighted by atomic mass is 16.5. The molecule has 0 rings (SSSR count). The largest absolute Gasteiger partial charge is 0.466 e. The summed E-state index contributed by atoms with van der Waals surface area (Å²) < 4.78 is 5.48. The molecule has 3 N–H and O–H groups in total. The van der Waals surface area contributed by atoms with E-state index in [0.29, 0.717) is 25.9 Å². The van der Waals surface area contributed by atoms with Gasteiger partial charge in [-0.25, -0.2) is 0 Å². The molecule has 0 spiro atoms. The van der Waals surface area contributed by atoms with Crippen LogP contribution in [0.25, 0.3) is 0 Å². The highest BCUT2D eigenvalue weighted by Gasteiger charge is 2.20. The van der Waals surface area contributed by atoms with Crippen molar-refractivity contribution in [2.45, 2.75) is 379 Å². The average molecular weight is 1000 g/mol. The number of hydrogen-bond acceptors (Lipinski definition) is 5. The summed E-state index contributed by atoms with van der Waals surface area (Å²) in [5.74, 6) is -0.0497. The first-order valence-electron chi connectivity index (χ1n) is 32.4. The summed E-state index contributed by atoms with van der Waals surface area (Å²) in [6.45, 7) is 4.96. The molecule has 1 amide bonds. The molecule has 0 saturated carbocycles. The lowest BCUT2D eigenvalue weighted by molar-refractivity contribution is -0.143. The van der Waals surface area contributed by atoms with Crippen molar-refractivity contribution in [2.75, 3.05) is 13.2 Å². The standard InChI is InChI=1S/C65H127NO5/c1-3-5-7-9-11-13-15-17-19-20-21-22-23-24-25-26-27-28-30-33-37-41-45-49-53-57-63(68)62(61-67)66-64(69)58-54-50-46-42-38-34-31-32-36-40-44-48-52-56-60-71-65(70)59-55-51-47-43-39-35-29-18-16-14-12-10-8-6-4-2/h18,29,62-63,67-68H,3-17,19-28,30-61H2,1-2H3,(H,66,69)/b29-18-. The van der Waals surface area contributed by atoms with Crippen LogP contribution in [0.5, 0.6) is 0 Å². The molecule has 0 aromatic heterocycles. The second-order valence-electron chi connectivity index (χ2n) is 22.5. The first kappa shape index (κ1) is 69.6. The van der Waals surface area contributed by atoms with Crippen molar-refractivity contribution in [1.82, 2.24) is 5.32 Å². The van der Waals surface area contributed by atoms with Crippen LogP contribution in [0.1, 0.15) is 367 Å². The average Bonchev–Trinajstić information content (AvgIpc) is 3.37. The maximum absolute atomic E-state index is 12.5. The molecule has 0 bridgehead atoms. The molecule has 0 aliphatic rings.